The molecule has 0 aromatic heterocycles. The van der Waals surface area contributed by atoms with Crippen molar-refractivity contribution in [1.82, 2.24) is 10.2 Å². The van der Waals surface area contributed by atoms with E-state index in [1.54, 1.807) is 0 Å². The molecular weight excluding hydrogens is 184 g/mol. The summed E-state index contributed by atoms with van der Waals surface area (Å²) in [5.41, 5.74) is 1.00. The second-order valence-corrected chi connectivity index (χ2v) is 6.22. The minimum atomic E-state index is 0.359. The summed E-state index contributed by atoms with van der Waals surface area (Å²) < 4.78 is 0. The third-order valence-corrected chi connectivity index (χ3v) is 4.50. The molecule has 1 aliphatic heterocycles. The standard InChI is InChI=1S/C13H26N2/c1-4-13(3)11-15(9-8-14-13)10-12(2)6-5-7-12/h14H,4-11H2,1-3H3. The molecule has 15 heavy (non-hydrogen) atoms. The molecule has 0 radical (unpaired) electrons. The van der Waals surface area contributed by atoms with Gasteiger partial charge >= 0.3 is 0 Å². The molecule has 1 saturated carbocycles. The molecule has 2 fully saturated rings. The number of nitrogens with zero attached hydrogens (tertiary/aromatic N) is 1. The summed E-state index contributed by atoms with van der Waals surface area (Å²) in [6.07, 6.45) is 5.58. The van der Waals surface area contributed by atoms with Crippen LogP contribution in [0.1, 0.15) is 46.5 Å². The van der Waals surface area contributed by atoms with E-state index in [1.165, 1.54) is 51.9 Å². The van der Waals surface area contributed by atoms with Crippen molar-refractivity contribution in [2.24, 2.45) is 5.41 Å². The molecule has 0 spiro atoms. The van der Waals surface area contributed by atoms with Crippen LogP contribution in [0.25, 0.3) is 0 Å². The highest BCUT2D eigenvalue weighted by molar-refractivity contribution is 4.93. The smallest absolute Gasteiger partial charge is 0.0278 e. The maximum Gasteiger partial charge on any atom is 0.0278 e. The maximum atomic E-state index is 3.66. The molecule has 0 aromatic rings. The van der Waals surface area contributed by atoms with Crippen LogP contribution in [0.5, 0.6) is 0 Å². The Labute approximate surface area is 94.4 Å². The molecule has 2 rings (SSSR count). The number of nitrogens with one attached hydrogen (secondary N) is 1. The van der Waals surface area contributed by atoms with E-state index >= 15 is 0 Å². The van der Waals surface area contributed by atoms with Gasteiger partial charge in [-0.1, -0.05) is 20.3 Å². The van der Waals surface area contributed by atoms with E-state index in [1.807, 2.05) is 0 Å². The normalized spacial score (nSPS) is 36.2. The quantitative estimate of drug-likeness (QED) is 0.768. The zero-order chi connectivity index (χ0) is 10.9. The topological polar surface area (TPSA) is 15.3 Å². The molecule has 0 aromatic carbocycles. The van der Waals surface area contributed by atoms with Gasteiger partial charge in [0.2, 0.25) is 0 Å². The van der Waals surface area contributed by atoms with Gasteiger partial charge in [-0.05, 0) is 31.6 Å². The van der Waals surface area contributed by atoms with Gasteiger partial charge in [0.15, 0.2) is 0 Å². The Morgan fingerprint density at radius 2 is 2.00 bits per heavy atom. The Hall–Kier alpha value is -0.0800. The fourth-order valence-electron chi connectivity index (χ4n) is 2.99. The molecule has 1 unspecified atom stereocenters. The highest BCUT2D eigenvalue weighted by Gasteiger charge is 2.36. The third-order valence-electron chi connectivity index (χ3n) is 4.50. The monoisotopic (exact) mass is 210 g/mol. The van der Waals surface area contributed by atoms with E-state index in [4.69, 9.17) is 0 Å². The van der Waals surface area contributed by atoms with Crippen molar-refractivity contribution >= 4 is 0 Å². The number of hydrogen-bond acceptors (Lipinski definition) is 2. The molecule has 2 heteroatoms. The minimum absolute atomic E-state index is 0.359. The fraction of sp³-hybridized carbons (Fsp3) is 1.00. The van der Waals surface area contributed by atoms with Crippen molar-refractivity contribution in [2.45, 2.75) is 52.0 Å². The predicted octanol–water partition coefficient (Wildman–Crippen LogP) is 2.25. The van der Waals surface area contributed by atoms with Crippen LogP contribution < -0.4 is 5.32 Å². The highest BCUT2D eigenvalue weighted by atomic mass is 15.2. The summed E-state index contributed by atoms with van der Waals surface area (Å²) in [5.74, 6) is 0. The lowest BCUT2D eigenvalue weighted by molar-refractivity contribution is 0.0492. The molecule has 0 amide bonds. The largest absolute Gasteiger partial charge is 0.309 e. The van der Waals surface area contributed by atoms with Crippen LogP contribution in [-0.4, -0.2) is 36.6 Å². The molecule has 0 bridgehead atoms. The van der Waals surface area contributed by atoms with Crippen molar-refractivity contribution in [3.8, 4) is 0 Å². The van der Waals surface area contributed by atoms with Crippen LogP contribution in [0, 0.1) is 5.41 Å². The zero-order valence-electron chi connectivity index (χ0n) is 10.6. The Morgan fingerprint density at radius 1 is 1.27 bits per heavy atom. The minimum Gasteiger partial charge on any atom is -0.309 e. The Balaban J connectivity index is 1.87. The van der Waals surface area contributed by atoms with Crippen molar-refractivity contribution in [3.05, 3.63) is 0 Å². The summed E-state index contributed by atoms with van der Waals surface area (Å²) in [5, 5.41) is 3.66. The van der Waals surface area contributed by atoms with E-state index in [2.05, 4.69) is 31.0 Å². The lowest BCUT2D eigenvalue weighted by Crippen LogP contribution is -2.60. The average Bonchev–Trinajstić information content (AvgIpc) is 2.16. The van der Waals surface area contributed by atoms with Gasteiger partial charge in [0.25, 0.3) is 0 Å². The summed E-state index contributed by atoms with van der Waals surface area (Å²) in [4.78, 5) is 2.68. The van der Waals surface area contributed by atoms with Gasteiger partial charge in [0.1, 0.15) is 0 Å². The van der Waals surface area contributed by atoms with Crippen molar-refractivity contribution in [1.29, 1.82) is 0 Å². The van der Waals surface area contributed by atoms with E-state index in [0.29, 0.717) is 11.0 Å². The van der Waals surface area contributed by atoms with Gasteiger partial charge < -0.3 is 5.32 Å². The average molecular weight is 210 g/mol. The molecular formula is C13H26N2. The first-order valence-electron chi connectivity index (χ1n) is 6.53. The number of hydrogen-bond donors (Lipinski definition) is 1. The zero-order valence-corrected chi connectivity index (χ0v) is 10.6. The van der Waals surface area contributed by atoms with E-state index in [-0.39, 0.29) is 0 Å². The highest BCUT2D eigenvalue weighted by Crippen LogP contribution is 2.41. The van der Waals surface area contributed by atoms with Crippen LogP contribution in [-0.2, 0) is 0 Å². The summed E-state index contributed by atoms with van der Waals surface area (Å²) in [6, 6.07) is 0. The second kappa shape index (κ2) is 4.06. The van der Waals surface area contributed by atoms with Crippen molar-refractivity contribution in [3.63, 3.8) is 0 Å². The lowest BCUT2D eigenvalue weighted by atomic mass is 9.70. The van der Waals surface area contributed by atoms with Gasteiger partial charge in [-0.25, -0.2) is 0 Å². The molecule has 88 valence electrons. The van der Waals surface area contributed by atoms with Crippen molar-refractivity contribution in [2.75, 3.05) is 26.2 Å². The van der Waals surface area contributed by atoms with E-state index in [9.17, 15) is 0 Å². The Kier molecular flexibility index (Phi) is 3.09. The van der Waals surface area contributed by atoms with E-state index < -0.39 is 0 Å². The van der Waals surface area contributed by atoms with Gasteiger partial charge in [0.05, 0.1) is 0 Å². The molecule has 1 atom stereocenters. The van der Waals surface area contributed by atoms with Gasteiger partial charge in [-0.2, -0.15) is 0 Å². The van der Waals surface area contributed by atoms with E-state index in [0.717, 1.165) is 0 Å². The first-order chi connectivity index (χ1) is 7.05. The Bertz CT molecular complexity index is 221. The first kappa shape index (κ1) is 11.4. The molecule has 1 aliphatic carbocycles. The van der Waals surface area contributed by atoms with Crippen LogP contribution in [0.4, 0.5) is 0 Å². The summed E-state index contributed by atoms with van der Waals surface area (Å²) >= 11 is 0. The molecule has 1 saturated heterocycles. The summed E-state index contributed by atoms with van der Waals surface area (Å²) in [7, 11) is 0. The fourth-order valence-corrected chi connectivity index (χ4v) is 2.99. The SMILES string of the molecule is CCC1(C)CN(CC2(C)CCC2)CCN1. The molecule has 2 nitrogen and oxygen atoms in total. The Morgan fingerprint density at radius 3 is 2.53 bits per heavy atom. The van der Waals surface area contributed by atoms with Crippen LogP contribution in [0.15, 0.2) is 0 Å². The van der Waals surface area contributed by atoms with Gasteiger partial charge in [-0.15, -0.1) is 0 Å². The number of rotatable bonds is 3. The predicted molar refractivity (Wildman–Crippen MR) is 65.1 cm³/mol. The van der Waals surface area contributed by atoms with Crippen molar-refractivity contribution < 1.29 is 0 Å². The molecule has 1 heterocycles. The second-order valence-electron chi connectivity index (χ2n) is 6.22. The van der Waals surface area contributed by atoms with Crippen LogP contribution >= 0.6 is 0 Å². The third kappa shape index (κ3) is 2.54. The lowest BCUT2D eigenvalue weighted by Gasteiger charge is -2.47. The summed E-state index contributed by atoms with van der Waals surface area (Å²) in [6.45, 7) is 12.1. The van der Waals surface area contributed by atoms with Crippen LogP contribution in [0.3, 0.4) is 0 Å². The number of piperazine rings is 1. The van der Waals surface area contributed by atoms with Crippen LogP contribution in [0.2, 0.25) is 0 Å². The molecule has 1 N–H and O–H groups in total. The van der Waals surface area contributed by atoms with Gasteiger partial charge in [-0.3, -0.25) is 4.90 Å². The first-order valence-corrected chi connectivity index (χ1v) is 6.53. The maximum absolute atomic E-state index is 3.66. The van der Waals surface area contributed by atoms with Gasteiger partial charge in [0, 0.05) is 31.7 Å². The molecule has 2 aliphatic rings.